The lowest BCUT2D eigenvalue weighted by Crippen LogP contribution is -2.32. The summed E-state index contributed by atoms with van der Waals surface area (Å²) >= 11 is 0. The van der Waals surface area contributed by atoms with Gasteiger partial charge in [0.15, 0.2) is 0 Å². The van der Waals surface area contributed by atoms with Crippen molar-refractivity contribution in [2.24, 2.45) is 5.92 Å². The molecular formula is C18H18O2. The van der Waals surface area contributed by atoms with Crippen LogP contribution in [0.3, 0.4) is 0 Å². The third-order valence-electron chi connectivity index (χ3n) is 4.12. The predicted octanol–water partition coefficient (Wildman–Crippen LogP) is 2.84. The average molecular weight is 266 g/mol. The largest absolute Gasteiger partial charge is 0.396 e. The monoisotopic (exact) mass is 266 g/mol. The minimum absolute atomic E-state index is 0.0127. The van der Waals surface area contributed by atoms with Crippen molar-refractivity contribution in [3.05, 3.63) is 77.4 Å². The molecule has 2 heteroatoms. The molecule has 2 aromatic rings. The molecule has 0 heterocycles. The highest BCUT2D eigenvalue weighted by molar-refractivity contribution is 5.81. The second-order valence-corrected chi connectivity index (χ2v) is 5.14. The van der Waals surface area contributed by atoms with Crippen molar-refractivity contribution in [2.45, 2.75) is 5.92 Å². The van der Waals surface area contributed by atoms with Crippen LogP contribution in [0.5, 0.6) is 0 Å². The SMILES string of the molecule is OCC1=C(c2ccccc2)[C@@H](c2ccccc2)[C@@H]1CO. The van der Waals surface area contributed by atoms with E-state index in [9.17, 15) is 10.2 Å². The predicted molar refractivity (Wildman–Crippen MR) is 80.2 cm³/mol. The van der Waals surface area contributed by atoms with Crippen molar-refractivity contribution in [2.75, 3.05) is 13.2 Å². The Morgan fingerprint density at radius 3 is 1.95 bits per heavy atom. The zero-order chi connectivity index (χ0) is 13.9. The number of hydrogen-bond donors (Lipinski definition) is 2. The van der Waals surface area contributed by atoms with Crippen LogP contribution in [0.4, 0.5) is 0 Å². The summed E-state index contributed by atoms with van der Waals surface area (Å²) in [6.07, 6.45) is 0. The lowest BCUT2D eigenvalue weighted by Gasteiger charge is -2.41. The third kappa shape index (κ3) is 2.07. The third-order valence-corrected chi connectivity index (χ3v) is 4.12. The second-order valence-electron chi connectivity index (χ2n) is 5.14. The molecule has 1 aliphatic carbocycles. The van der Waals surface area contributed by atoms with E-state index in [-0.39, 0.29) is 25.0 Å². The van der Waals surface area contributed by atoms with Gasteiger partial charge in [-0.05, 0) is 22.3 Å². The normalized spacial score (nSPS) is 21.7. The molecule has 0 aromatic heterocycles. The molecule has 3 rings (SSSR count). The maximum absolute atomic E-state index is 9.64. The Bertz CT molecular complexity index is 602. The zero-order valence-electron chi connectivity index (χ0n) is 11.2. The summed E-state index contributed by atoms with van der Waals surface area (Å²) in [5.74, 6) is 0.198. The van der Waals surface area contributed by atoms with Crippen molar-refractivity contribution in [3.8, 4) is 0 Å². The number of hydrogen-bond acceptors (Lipinski definition) is 2. The summed E-state index contributed by atoms with van der Waals surface area (Å²) in [6, 6.07) is 20.3. The number of benzene rings is 2. The van der Waals surface area contributed by atoms with Gasteiger partial charge in [-0.3, -0.25) is 0 Å². The van der Waals surface area contributed by atoms with E-state index in [1.165, 1.54) is 11.1 Å². The number of aliphatic hydroxyl groups excluding tert-OH is 2. The number of rotatable bonds is 4. The van der Waals surface area contributed by atoms with Gasteiger partial charge in [0.1, 0.15) is 0 Å². The van der Waals surface area contributed by atoms with Gasteiger partial charge in [-0.25, -0.2) is 0 Å². The van der Waals surface area contributed by atoms with Gasteiger partial charge in [0, 0.05) is 11.8 Å². The number of allylic oxidation sites excluding steroid dienone is 1. The van der Waals surface area contributed by atoms with Crippen LogP contribution in [0.25, 0.3) is 5.57 Å². The molecule has 0 unspecified atom stereocenters. The minimum atomic E-state index is 0.0127. The standard InChI is InChI=1S/C18H18O2/c19-11-15-16(12-20)18(14-9-5-2-6-10-14)17(15)13-7-3-1-4-8-13/h1-10,15,17,19-20H,11-12H2/t15-,17+/m1/s1. The second kappa shape index (κ2) is 5.61. The molecule has 102 valence electrons. The summed E-state index contributed by atoms with van der Waals surface area (Å²) in [4.78, 5) is 0. The molecule has 0 amide bonds. The average Bonchev–Trinajstić information content (AvgIpc) is 2.49. The highest BCUT2D eigenvalue weighted by Crippen LogP contribution is 2.52. The Balaban J connectivity index is 2.08. The Morgan fingerprint density at radius 2 is 1.40 bits per heavy atom. The van der Waals surface area contributed by atoms with Crippen LogP contribution in [0.1, 0.15) is 17.0 Å². The van der Waals surface area contributed by atoms with E-state index < -0.39 is 0 Å². The Morgan fingerprint density at radius 1 is 0.800 bits per heavy atom. The summed E-state index contributed by atoms with van der Waals surface area (Å²) < 4.78 is 0. The zero-order valence-corrected chi connectivity index (χ0v) is 11.2. The molecule has 2 N–H and O–H groups in total. The van der Waals surface area contributed by atoms with Gasteiger partial charge in [0.05, 0.1) is 13.2 Å². The van der Waals surface area contributed by atoms with Gasteiger partial charge in [-0.15, -0.1) is 0 Å². The van der Waals surface area contributed by atoms with Crippen LogP contribution >= 0.6 is 0 Å². The molecule has 20 heavy (non-hydrogen) atoms. The first kappa shape index (κ1) is 13.1. The molecule has 2 aromatic carbocycles. The number of aliphatic hydroxyl groups is 2. The van der Waals surface area contributed by atoms with Gasteiger partial charge < -0.3 is 10.2 Å². The van der Waals surface area contributed by atoms with Crippen molar-refractivity contribution in [1.29, 1.82) is 0 Å². The van der Waals surface area contributed by atoms with Crippen LogP contribution in [0.2, 0.25) is 0 Å². The molecule has 0 bridgehead atoms. The van der Waals surface area contributed by atoms with Crippen LogP contribution in [0.15, 0.2) is 66.2 Å². The van der Waals surface area contributed by atoms with Gasteiger partial charge >= 0.3 is 0 Å². The van der Waals surface area contributed by atoms with Crippen molar-refractivity contribution in [1.82, 2.24) is 0 Å². The van der Waals surface area contributed by atoms with E-state index >= 15 is 0 Å². The molecule has 2 nitrogen and oxygen atoms in total. The van der Waals surface area contributed by atoms with Gasteiger partial charge in [0.2, 0.25) is 0 Å². The van der Waals surface area contributed by atoms with E-state index in [1.807, 2.05) is 36.4 Å². The maximum atomic E-state index is 9.64. The molecule has 0 saturated heterocycles. The molecule has 0 spiro atoms. The van der Waals surface area contributed by atoms with Crippen LogP contribution < -0.4 is 0 Å². The Hall–Kier alpha value is -1.90. The molecule has 0 saturated carbocycles. The van der Waals surface area contributed by atoms with E-state index in [2.05, 4.69) is 24.3 Å². The van der Waals surface area contributed by atoms with Gasteiger partial charge in [-0.1, -0.05) is 60.7 Å². The first-order valence-electron chi connectivity index (χ1n) is 6.91. The molecule has 0 aliphatic heterocycles. The van der Waals surface area contributed by atoms with Crippen molar-refractivity contribution < 1.29 is 10.2 Å². The molecular weight excluding hydrogens is 248 g/mol. The fourth-order valence-electron chi connectivity index (χ4n) is 3.17. The van der Waals surface area contributed by atoms with E-state index in [4.69, 9.17) is 0 Å². The van der Waals surface area contributed by atoms with Gasteiger partial charge in [-0.2, -0.15) is 0 Å². The lowest BCUT2D eigenvalue weighted by molar-refractivity contribution is 0.205. The van der Waals surface area contributed by atoms with E-state index in [1.54, 1.807) is 0 Å². The lowest BCUT2D eigenvalue weighted by atomic mass is 9.63. The topological polar surface area (TPSA) is 40.5 Å². The fraction of sp³-hybridized carbons (Fsp3) is 0.222. The van der Waals surface area contributed by atoms with Crippen LogP contribution in [-0.4, -0.2) is 23.4 Å². The summed E-state index contributed by atoms with van der Waals surface area (Å²) in [6.45, 7) is 0.0879. The van der Waals surface area contributed by atoms with Crippen molar-refractivity contribution >= 4 is 5.57 Å². The quantitative estimate of drug-likeness (QED) is 0.893. The summed E-state index contributed by atoms with van der Waals surface area (Å²) in [5.41, 5.74) is 4.46. The summed E-state index contributed by atoms with van der Waals surface area (Å²) in [5, 5.41) is 19.3. The summed E-state index contributed by atoms with van der Waals surface area (Å²) in [7, 11) is 0. The molecule has 1 aliphatic rings. The van der Waals surface area contributed by atoms with Crippen molar-refractivity contribution in [3.63, 3.8) is 0 Å². The first-order valence-corrected chi connectivity index (χ1v) is 6.91. The Labute approximate surface area is 119 Å². The molecule has 0 fully saturated rings. The van der Waals surface area contributed by atoms with E-state index in [0.29, 0.717) is 0 Å². The molecule has 2 atom stereocenters. The van der Waals surface area contributed by atoms with Crippen LogP contribution in [0, 0.1) is 5.92 Å². The highest BCUT2D eigenvalue weighted by atomic mass is 16.3. The highest BCUT2D eigenvalue weighted by Gasteiger charge is 2.40. The molecule has 0 radical (unpaired) electrons. The van der Waals surface area contributed by atoms with Gasteiger partial charge in [0.25, 0.3) is 0 Å². The van der Waals surface area contributed by atoms with E-state index in [0.717, 1.165) is 11.1 Å². The fourth-order valence-corrected chi connectivity index (χ4v) is 3.17. The maximum Gasteiger partial charge on any atom is 0.0651 e. The smallest absolute Gasteiger partial charge is 0.0651 e. The first-order chi connectivity index (χ1) is 9.86. The Kier molecular flexibility index (Phi) is 3.68. The van der Waals surface area contributed by atoms with Crippen LogP contribution in [-0.2, 0) is 0 Å². The minimum Gasteiger partial charge on any atom is -0.396 e.